The Hall–Kier alpha value is -2.12. The number of guanidine groups is 1. The second kappa shape index (κ2) is 12.7. The maximum absolute atomic E-state index is 13.3. The van der Waals surface area contributed by atoms with Crippen molar-refractivity contribution in [3.05, 3.63) is 35.9 Å². The normalized spacial score (nSPS) is 19.8. The maximum atomic E-state index is 13.3. The van der Waals surface area contributed by atoms with Crippen LogP contribution in [0.1, 0.15) is 44.6 Å². The van der Waals surface area contributed by atoms with E-state index in [1.54, 1.807) is 0 Å². The molecule has 1 aromatic carbocycles. The molecule has 1 amide bonds. The van der Waals surface area contributed by atoms with Gasteiger partial charge in [-0.3, -0.25) is 9.79 Å². The lowest BCUT2D eigenvalue weighted by Crippen LogP contribution is -2.49. The van der Waals surface area contributed by atoms with Crippen LogP contribution in [0.25, 0.3) is 0 Å². The molecule has 1 aromatic rings. The van der Waals surface area contributed by atoms with Gasteiger partial charge in [-0.1, -0.05) is 37.3 Å². The third kappa shape index (κ3) is 7.21. The summed E-state index contributed by atoms with van der Waals surface area (Å²) < 4.78 is 5.43. The molecular weight excluding hydrogens is 390 g/mol. The Labute approximate surface area is 187 Å². The van der Waals surface area contributed by atoms with Crippen molar-refractivity contribution in [3.63, 3.8) is 0 Å². The minimum Gasteiger partial charge on any atom is -0.378 e. The predicted molar refractivity (Wildman–Crippen MR) is 125 cm³/mol. The largest absolute Gasteiger partial charge is 0.378 e. The van der Waals surface area contributed by atoms with Gasteiger partial charge in [-0.15, -0.1) is 0 Å². The van der Waals surface area contributed by atoms with Gasteiger partial charge >= 0.3 is 0 Å². The molecule has 2 fully saturated rings. The Morgan fingerprint density at radius 2 is 1.84 bits per heavy atom. The van der Waals surface area contributed by atoms with Crippen molar-refractivity contribution in [1.29, 1.82) is 0 Å². The molecular formula is C24H39N5O2. The van der Waals surface area contributed by atoms with Gasteiger partial charge in [0.05, 0.1) is 25.7 Å². The molecule has 172 valence electrons. The fourth-order valence-electron chi connectivity index (χ4n) is 4.33. The van der Waals surface area contributed by atoms with Crippen LogP contribution in [0.2, 0.25) is 0 Å². The number of aliphatic imine (C=N–C) groups is 1. The van der Waals surface area contributed by atoms with E-state index in [0.29, 0.717) is 38.9 Å². The summed E-state index contributed by atoms with van der Waals surface area (Å²) >= 11 is 0. The van der Waals surface area contributed by atoms with Gasteiger partial charge in [0.1, 0.15) is 0 Å². The topological polar surface area (TPSA) is 69.2 Å². The van der Waals surface area contributed by atoms with Crippen LogP contribution in [0, 0.1) is 0 Å². The summed E-state index contributed by atoms with van der Waals surface area (Å²) in [6, 6.07) is 10.5. The summed E-state index contributed by atoms with van der Waals surface area (Å²) in [5, 5.41) is 6.98. The minimum atomic E-state index is -0.277. The number of amides is 1. The summed E-state index contributed by atoms with van der Waals surface area (Å²) in [7, 11) is 0. The van der Waals surface area contributed by atoms with Gasteiger partial charge in [0.2, 0.25) is 5.91 Å². The van der Waals surface area contributed by atoms with Crippen molar-refractivity contribution in [3.8, 4) is 0 Å². The van der Waals surface area contributed by atoms with Crippen molar-refractivity contribution < 1.29 is 9.53 Å². The highest BCUT2D eigenvalue weighted by molar-refractivity contribution is 5.85. The lowest BCUT2D eigenvalue weighted by Gasteiger charge is -2.33. The number of nitrogens with one attached hydrogen (secondary N) is 2. The van der Waals surface area contributed by atoms with Gasteiger partial charge in [-0.2, -0.15) is 0 Å². The van der Waals surface area contributed by atoms with Crippen molar-refractivity contribution >= 4 is 11.9 Å². The van der Waals surface area contributed by atoms with Crippen LogP contribution < -0.4 is 10.6 Å². The average molecular weight is 430 g/mol. The van der Waals surface area contributed by atoms with Crippen LogP contribution in [0.5, 0.6) is 0 Å². The monoisotopic (exact) mass is 429 g/mol. The Morgan fingerprint density at radius 3 is 2.48 bits per heavy atom. The molecule has 7 heteroatoms. The second-order valence-electron chi connectivity index (χ2n) is 8.38. The van der Waals surface area contributed by atoms with Gasteiger partial charge in [0.15, 0.2) is 5.96 Å². The minimum absolute atomic E-state index is 0.141. The zero-order chi connectivity index (χ0) is 21.9. The highest BCUT2D eigenvalue weighted by Crippen LogP contribution is 2.20. The van der Waals surface area contributed by atoms with Crippen molar-refractivity contribution in [2.45, 2.75) is 45.1 Å². The Balaban J connectivity index is 1.66. The van der Waals surface area contributed by atoms with E-state index in [2.05, 4.69) is 29.4 Å². The third-order valence-corrected chi connectivity index (χ3v) is 6.07. The number of likely N-dealkylation sites (tertiary alicyclic amines) is 1. The van der Waals surface area contributed by atoms with Crippen LogP contribution in [-0.4, -0.2) is 86.7 Å². The molecule has 0 radical (unpaired) electrons. The first-order valence-corrected chi connectivity index (χ1v) is 11.9. The summed E-state index contributed by atoms with van der Waals surface area (Å²) in [5.74, 6) is 0.676. The van der Waals surface area contributed by atoms with Crippen LogP contribution in [-0.2, 0) is 9.53 Å². The number of morpholine rings is 1. The number of piperidine rings is 1. The quantitative estimate of drug-likeness (QED) is 0.489. The number of carbonyl (C=O) groups excluding carboxylic acids is 1. The molecule has 3 rings (SSSR count). The zero-order valence-corrected chi connectivity index (χ0v) is 19.2. The fourth-order valence-corrected chi connectivity index (χ4v) is 4.33. The molecule has 0 spiro atoms. The van der Waals surface area contributed by atoms with Crippen LogP contribution in [0.15, 0.2) is 35.3 Å². The first kappa shape index (κ1) is 23.5. The first-order valence-electron chi connectivity index (χ1n) is 11.9. The van der Waals surface area contributed by atoms with E-state index in [4.69, 9.17) is 9.73 Å². The van der Waals surface area contributed by atoms with Crippen LogP contribution in [0.4, 0.5) is 0 Å². The second-order valence-corrected chi connectivity index (χ2v) is 8.38. The number of benzene rings is 1. The van der Waals surface area contributed by atoms with Crippen LogP contribution >= 0.6 is 0 Å². The van der Waals surface area contributed by atoms with Gasteiger partial charge in [-0.25, -0.2) is 0 Å². The predicted octanol–water partition coefficient (Wildman–Crippen LogP) is 2.06. The van der Waals surface area contributed by atoms with Crippen molar-refractivity contribution in [2.24, 2.45) is 4.99 Å². The van der Waals surface area contributed by atoms with Crippen molar-refractivity contribution in [1.82, 2.24) is 20.4 Å². The van der Waals surface area contributed by atoms with Crippen molar-refractivity contribution in [2.75, 3.05) is 59.0 Å². The van der Waals surface area contributed by atoms with Gasteiger partial charge in [0, 0.05) is 38.8 Å². The molecule has 2 heterocycles. The molecule has 0 aromatic heterocycles. The summed E-state index contributed by atoms with van der Waals surface area (Å²) in [6.45, 7) is 11.5. The molecule has 2 N–H and O–H groups in total. The summed E-state index contributed by atoms with van der Waals surface area (Å²) in [6.07, 6.45) is 3.46. The maximum Gasteiger partial charge on any atom is 0.232 e. The standard InChI is InChI=1S/C24H39N5O2/c1-3-12-28-13-10-21(11-14-28)27-24(25-4-2)26-19-22(20-8-6-5-7-9-20)23(30)29-15-17-31-18-16-29/h5-9,21-22H,3-4,10-19H2,1-2H3,(H2,25,26,27). The van der Waals surface area contributed by atoms with E-state index in [9.17, 15) is 4.79 Å². The Kier molecular flexibility index (Phi) is 9.62. The van der Waals surface area contributed by atoms with E-state index in [-0.39, 0.29) is 11.8 Å². The summed E-state index contributed by atoms with van der Waals surface area (Å²) in [5.41, 5.74) is 1.02. The Morgan fingerprint density at radius 1 is 1.13 bits per heavy atom. The van der Waals surface area contributed by atoms with E-state index >= 15 is 0 Å². The molecule has 0 bridgehead atoms. The van der Waals surface area contributed by atoms with E-state index in [0.717, 1.165) is 44.0 Å². The average Bonchev–Trinajstić information content (AvgIpc) is 2.82. The molecule has 1 atom stereocenters. The molecule has 1 unspecified atom stereocenters. The number of hydrogen-bond donors (Lipinski definition) is 2. The van der Waals surface area contributed by atoms with Gasteiger partial charge in [-0.05, 0) is 38.3 Å². The highest BCUT2D eigenvalue weighted by atomic mass is 16.5. The van der Waals surface area contributed by atoms with E-state index in [1.807, 2.05) is 35.2 Å². The molecule has 0 aliphatic carbocycles. The Bertz CT molecular complexity index is 682. The van der Waals surface area contributed by atoms with Gasteiger partial charge < -0.3 is 25.2 Å². The molecule has 2 aliphatic rings. The zero-order valence-electron chi connectivity index (χ0n) is 19.2. The van der Waals surface area contributed by atoms with E-state index < -0.39 is 0 Å². The molecule has 2 aliphatic heterocycles. The smallest absolute Gasteiger partial charge is 0.232 e. The fraction of sp³-hybridized carbons (Fsp3) is 0.667. The molecule has 31 heavy (non-hydrogen) atoms. The van der Waals surface area contributed by atoms with Gasteiger partial charge in [0.25, 0.3) is 0 Å². The SMILES string of the molecule is CCCN1CCC(NC(=NCC(C(=O)N2CCOCC2)c2ccccc2)NCC)CC1. The molecule has 2 saturated heterocycles. The highest BCUT2D eigenvalue weighted by Gasteiger charge is 2.27. The third-order valence-electron chi connectivity index (χ3n) is 6.07. The number of carbonyl (C=O) groups is 1. The number of hydrogen-bond acceptors (Lipinski definition) is 4. The number of rotatable bonds is 8. The lowest BCUT2D eigenvalue weighted by atomic mass is 9.97. The number of ether oxygens (including phenoxy) is 1. The first-order chi connectivity index (χ1) is 15.2. The molecule has 7 nitrogen and oxygen atoms in total. The summed E-state index contributed by atoms with van der Waals surface area (Å²) in [4.78, 5) is 22.6. The lowest BCUT2D eigenvalue weighted by molar-refractivity contribution is -0.136. The van der Waals surface area contributed by atoms with Crippen LogP contribution in [0.3, 0.4) is 0 Å². The number of nitrogens with zero attached hydrogens (tertiary/aromatic N) is 3. The molecule has 0 saturated carbocycles. The van der Waals surface area contributed by atoms with E-state index in [1.165, 1.54) is 13.0 Å².